The van der Waals surface area contributed by atoms with Crippen molar-refractivity contribution in [1.29, 1.82) is 0 Å². The summed E-state index contributed by atoms with van der Waals surface area (Å²) in [5.74, 6) is 0.875. The lowest BCUT2D eigenvalue weighted by molar-refractivity contribution is -0.115. The summed E-state index contributed by atoms with van der Waals surface area (Å²) in [5, 5.41) is 15.3. The molecule has 3 rings (SSSR count). The summed E-state index contributed by atoms with van der Waals surface area (Å²) in [6.07, 6.45) is 0. The molecule has 0 saturated heterocycles. The van der Waals surface area contributed by atoms with Gasteiger partial charge in [0.25, 0.3) is 0 Å². The third kappa shape index (κ3) is 4.64. The van der Waals surface area contributed by atoms with Crippen LogP contribution in [0.2, 0.25) is 0 Å². The molecule has 30 heavy (non-hydrogen) atoms. The number of amides is 1. The topological polar surface area (TPSA) is 81.9 Å². The summed E-state index contributed by atoms with van der Waals surface area (Å²) in [5.41, 5.74) is 4.84. The predicted molar refractivity (Wildman–Crippen MR) is 120 cm³/mol. The number of para-hydroxylation sites is 1. The average Bonchev–Trinajstić information content (AvgIpc) is 3.17. The van der Waals surface area contributed by atoms with Crippen molar-refractivity contribution < 1.29 is 9.53 Å². The number of hydrogen-bond acceptors (Lipinski definition) is 6. The Morgan fingerprint density at radius 1 is 1.17 bits per heavy atom. The van der Waals surface area contributed by atoms with Gasteiger partial charge in [-0.05, 0) is 65.9 Å². The molecule has 1 heterocycles. The molecule has 0 bridgehead atoms. The molecule has 1 N–H and O–H groups in total. The van der Waals surface area contributed by atoms with Crippen molar-refractivity contribution >= 4 is 23.4 Å². The van der Waals surface area contributed by atoms with Crippen molar-refractivity contribution in [3.05, 3.63) is 53.1 Å². The molecule has 7 nitrogen and oxygen atoms in total. The zero-order valence-electron chi connectivity index (χ0n) is 18.1. The highest BCUT2D eigenvalue weighted by Gasteiger charge is 2.22. The van der Waals surface area contributed by atoms with Gasteiger partial charge in [0.1, 0.15) is 11.4 Å². The molecule has 1 atom stereocenters. The van der Waals surface area contributed by atoms with Crippen LogP contribution in [0.15, 0.2) is 41.6 Å². The Labute approximate surface area is 181 Å². The van der Waals surface area contributed by atoms with E-state index < -0.39 is 5.25 Å². The third-order valence-corrected chi connectivity index (χ3v) is 5.86. The first-order valence-electron chi connectivity index (χ1n) is 9.82. The molecule has 8 heteroatoms. The quantitative estimate of drug-likeness (QED) is 0.560. The largest absolute Gasteiger partial charge is 0.494 e. The van der Waals surface area contributed by atoms with Crippen molar-refractivity contribution in [2.75, 3.05) is 12.4 Å². The standard InChI is InChI=1S/C22H27N5O2S/c1-13(2)17-9-7-8-15(4)20(17)23-21(28)16(5)30-22-24-25-26-27(22)18-12-14(3)10-11-19(18)29-6/h7-13,16H,1-6H3,(H,23,28)/t16-/m1/s1. The number of benzene rings is 2. The number of thioether (sulfide) groups is 1. The maximum Gasteiger partial charge on any atom is 0.237 e. The normalized spacial score (nSPS) is 12.1. The number of methoxy groups -OCH3 is 1. The van der Waals surface area contributed by atoms with Crippen LogP contribution in [0.25, 0.3) is 5.69 Å². The number of hydrogen-bond donors (Lipinski definition) is 1. The molecule has 0 aliphatic carbocycles. The lowest BCUT2D eigenvalue weighted by Crippen LogP contribution is -2.24. The second kappa shape index (κ2) is 9.30. The minimum Gasteiger partial charge on any atom is -0.494 e. The van der Waals surface area contributed by atoms with Gasteiger partial charge >= 0.3 is 0 Å². The van der Waals surface area contributed by atoms with Crippen LogP contribution >= 0.6 is 11.8 Å². The highest BCUT2D eigenvalue weighted by molar-refractivity contribution is 8.00. The van der Waals surface area contributed by atoms with Gasteiger partial charge in [0.15, 0.2) is 0 Å². The molecular formula is C22H27N5O2S. The molecule has 0 fully saturated rings. The van der Waals surface area contributed by atoms with Gasteiger partial charge in [0, 0.05) is 5.69 Å². The summed E-state index contributed by atoms with van der Waals surface area (Å²) in [6, 6.07) is 11.9. The van der Waals surface area contributed by atoms with Crippen LogP contribution in [0.1, 0.15) is 43.4 Å². The number of aryl methyl sites for hydroxylation is 2. The third-order valence-electron chi connectivity index (χ3n) is 4.83. The summed E-state index contributed by atoms with van der Waals surface area (Å²) in [6.45, 7) is 10.1. The van der Waals surface area contributed by atoms with E-state index in [0.717, 1.165) is 28.1 Å². The first-order valence-corrected chi connectivity index (χ1v) is 10.7. The van der Waals surface area contributed by atoms with Crippen LogP contribution in [-0.2, 0) is 4.79 Å². The minimum atomic E-state index is -0.398. The van der Waals surface area contributed by atoms with E-state index in [1.807, 2.05) is 51.1 Å². The zero-order valence-corrected chi connectivity index (χ0v) is 18.9. The Morgan fingerprint density at radius 2 is 1.93 bits per heavy atom. The number of carbonyl (C=O) groups excluding carboxylic acids is 1. The van der Waals surface area contributed by atoms with Gasteiger partial charge in [0.2, 0.25) is 11.1 Å². The van der Waals surface area contributed by atoms with Crippen LogP contribution in [-0.4, -0.2) is 38.5 Å². The average molecular weight is 426 g/mol. The Bertz CT molecular complexity index is 1050. The predicted octanol–water partition coefficient (Wildman–Crippen LogP) is 4.53. The molecule has 0 saturated carbocycles. The second-order valence-electron chi connectivity index (χ2n) is 7.49. The van der Waals surface area contributed by atoms with Crippen molar-refractivity contribution in [1.82, 2.24) is 20.2 Å². The van der Waals surface area contributed by atoms with Gasteiger partial charge in [-0.25, -0.2) is 0 Å². The van der Waals surface area contributed by atoms with Crippen molar-refractivity contribution in [3.63, 3.8) is 0 Å². The Morgan fingerprint density at radius 3 is 2.63 bits per heavy atom. The molecule has 0 radical (unpaired) electrons. The summed E-state index contributed by atoms with van der Waals surface area (Å²) >= 11 is 1.30. The number of nitrogens with one attached hydrogen (secondary N) is 1. The molecule has 0 aliphatic rings. The number of carbonyl (C=O) groups is 1. The van der Waals surface area contributed by atoms with Gasteiger partial charge in [-0.3, -0.25) is 4.79 Å². The minimum absolute atomic E-state index is 0.0954. The number of tetrazole rings is 1. The van der Waals surface area contributed by atoms with E-state index in [9.17, 15) is 4.79 Å². The van der Waals surface area contributed by atoms with E-state index in [4.69, 9.17) is 4.74 Å². The number of nitrogens with zero attached hydrogens (tertiary/aromatic N) is 4. The van der Waals surface area contributed by atoms with Crippen molar-refractivity contribution in [2.45, 2.75) is 50.9 Å². The van der Waals surface area contributed by atoms with Gasteiger partial charge in [-0.1, -0.05) is 49.9 Å². The molecule has 0 unspecified atom stereocenters. The SMILES string of the molecule is COc1ccc(C)cc1-n1nnnc1S[C@H](C)C(=O)Nc1c(C)cccc1C(C)C. The Kier molecular flexibility index (Phi) is 6.77. The smallest absolute Gasteiger partial charge is 0.237 e. The maximum atomic E-state index is 13.0. The van der Waals surface area contributed by atoms with E-state index >= 15 is 0 Å². The van der Waals surface area contributed by atoms with E-state index in [1.165, 1.54) is 11.8 Å². The van der Waals surface area contributed by atoms with Gasteiger partial charge < -0.3 is 10.1 Å². The molecule has 0 spiro atoms. The molecule has 0 aliphatic heterocycles. The highest BCUT2D eigenvalue weighted by Crippen LogP contribution is 2.31. The molecule has 158 valence electrons. The molecule has 2 aromatic carbocycles. The van der Waals surface area contributed by atoms with Crippen LogP contribution < -0.4 is 10.1 Å². The molecular weight excluding hydrogens is 398 g/mol. The summed E-state index contributed by atoms with van der Waals surface area (Å²) in [7, 11) is 1.61. The fourth-order valence-electron chi connectivity index (χ4n) is 3.15. The number of anilines is 1. The van der Waals surface area contributed by atoms with Crippen LogP contribution in [0.5, 0.6) is 5.75 Å². The van der Waals surface area contributed by atoms with Crippen LogP contribution in [0, 0.1) is 13.8 Å². The summed E-state index contributed by atoms with van der Waals surface area (Å²) < 4.78 is 7.06. The Hall–Kier alpha value is -2.87. The van der Waals surface area contributed by atoms with Crippen LogP contribution in [0.3, 0.4) is 0 Å². The highest BCUT2D eigenvalue weighted by atomic mass is 32.2. The lowest BCUT2D eigenvalue weighted by Gasteiger charge is -2.18. The lowest BCUT2D eigenvalue weighted by atomic mass is 9.98. The van der Waals surface area contributed by atoms with Crippen molar-refractivity contribution in [3.8, 4) is 11.4 Å². The fourth-order valence-corrected chi connectivity index (χ4v) is 3.95. The monoisotopic (exact) mass is 425 g/mol. The van der Waals surface area contributed by atoms with Gasteiger partial charge in [-0.2, -0.15) is 4.68 Å². The van der Waals surface area contributed by atoms with E-state index in [-0.39, 0.29) is 5.91 Å². The van der Waals surface area contributed by atoms with E-state index in [0.29, 0.717) is 16.8 Å². The molecule has 1 aromatic heterocycles. The fraction of sp³-hybridized carbons (Fsp3) is 0.364. The van der Waals surface area contributed by atoms with Gasteiger partial charge in [-0.15, -0.1) is 5.10 Å². The number of rotatable bonds is 7. The first-order chi connectivity index (χ1) is 14.3. The van der Waals surface area contributed by atoms with Crippen molar-refractivity contribution in [2.24, 2.45) is 0 Å². The van der Waals surface area contributed by atoms with E-state index in [2.05, 4.69) is 40.8 Å². The second-order valence-corrected chi connectivity index (χ2v) is 8.80. The molecule has 1 amide bonds. The van der Waals surface area contributed by atoms with Crippen LogP contribution in [0.4, 0.5) is 5.69 Å². The Balaban J connectivity index is 1.82. The summed E-state index contributed by atoms with van der Waals surface area (Å²) in [4.78, 5) is 13.0. The van der Waals surface area contributed by atoms with Gasteiger partial charge in [0.05, 0.1) is 12.4 Å². The number of ether oxygens (including phenoxy) is 1. The zero-order chi connectivity index (χ0) is 21.8. The maximum absolute atomic E-state index is 13.0. The number of aromatic nitrogens is 4. The first kappa shape index (κ1) is 21.8. The van der Waals surface area contributed by atoms with E-state index in [1.54, 1.807) is 11.8 Å². The molecule has 3 aromatic rings.